The first-order valence-electron chi connectivity index (χ1n) is 13.6. The van der Waals surface area contributed by atoms with Crippen LogP contribution in [0.5, 0.6) is 0 Å². The minimum absolute atomic E-state index is 0.723. The van der Waals surface area contributed by atoms with E-state index in [2.05, 4.69) is 138 Å². The molecule has 6 rings (SSSR count). The van der Waals surface area contributed by atoms with E-state index in [1.54, 1.807) is 0 Å². The van der Waals surface area contributed by atoms with Crippen LogP contribution in [0.15, 0.2) is 133 Å². The lowest BCUT2D eigenvalue weighted by molar-refractivity contribution is 0.443. The maximum absolute atomic E-state index is 2.35. The second kappa shape index (κ2) is 10.9. The first-order valence-corrected chi connectivity index (χ1v) is 13.6. The van der Waals surface area contributed by atoms with Gasteiger partial charge in [-0.1, -0.05) is 116 Å². The van der Waals surface area contributed by atoms with Crippen LogP contribution in [0, 0.1) is 0 Å². The van der Waals surface area contributed by atoms with Gasteiger partial charge in [0.05, 0.1) is 0 Å². The van der Waals surface area contributed by atoms with E-state index < -0.39 is 0 Å². The molecule has 0 amide bonds. The number of rotatable bonds is 6. The molecule has 5 aromatic rings. The van der Waals surface area contributed by atoms with Crippen molar-refractivity contribution in [1.29, 1.82) is 0 Å². The molecule has 0 N–H and O–H groups in total. The molecule has 1 fully saturated rings. The van der Waals surface area contributed by atoms with Gasteiger partial charge in [-0.05, 0) is 83.0 Å². The van der Waals surface area contributed by atoms with Gasteiger partial charge in [0.1, 0.15) is 0 Å². The molecule has 0 radical (unpaired) electrons. The zero-order valence-electron chi connectivity index (χ0n) is 21.3. The number of nitrogens with zero attached hydrogens (tertiary/aromatic N) is 1. The molecule has 0 atom stereocenters. The van der Waals surface area contributed by atoms with Gasteiger partial charge in [-0.15, -0.1) is 0 Å². The molecule has 0 bridgehead atoms. The highest BCUT2D eigenvalue weighted by molar-refractivity contribution is 5.79. The number of anilines is 3. The summed E-state index contributed by atoms with van der Waals surface area (Å²) in [6.07, 6.45) is 6.78. The van der Waals surface area contributed by atoms with Crippen molar-refractivity contribution in [2.24, 2.45) is 0 Å². The largest absolute Gasteiger partial charge is 0.311 e. The molecular formula is C36H33N. The zero-order chi connectivity index (χ0) is 24.9. The molecule has 182 valence electrons. The quantitative estimate of drug-likeness (QED) is 0.234. The van der Waals surface area contributed by atoms with Gasteiger partial charge in [0, 0.05) is 17.1 Å². The Balaban J connectivity index is 1.28. The lowest BCUT2D eigenvalue weighted by Crippen LogP contribution is -2.10. The summed E-state index contributed by atoms with van der Waals surface area (Å²) in [5.41, 5.74) is 9.98. The second-order valence-corrected chi connectivity index (χ2v) is 10.1. The Labute approximate surface area is 221 Å². The van der Waals surface area contributed by atoms with Crippen molar-refractivity contribution in [1.82, 2.24) is 0 Å². The average Bonchev–Trinajstić information content (AvgIpc) is 3.00. The lowest BCUT2D eigenvalue weighted by atomic mass is 9.84. The minimum atomic E-state index is 0.723. The van der Waals surface area contributed by atoms with Crippen molar-refractivity contribution >= 4 is 17.1 Å². The highest BCUT2D eigenvalue weighted by Crippen LogP contribution is 2.38. The van der Waals surface area contributed by atoms with Crippen LogP contribution < -0.4 is 4.90 Å². The van der Waals surface area contributed by atoms with Crippen molar-refractivity contribution < 1.29 is 0 Å². The third kappa shape index (κ3) is 5.22. The minimum Gasteiger partial charge on any atom is -0.311 e. The summed E-state index contributed by atoms with van der Waals surface area (Å²) in [7, 11) is 0. The zero-order valence-corrected chi connectivity index (χ0v) is 21.3. The van der Waals surface area contributed by atoms with E-state index in [1.165, 1.54) is 77.0 Å². The first kappa shape index (κ1) is 23.3. The van der Waals surface area contributed by atoms with Gasteiger partial charge in [0.25, 0.3) is 0 Å². The molecule has 1 heteroatoms. The molecule has 5 aromatic carbocycles. The average molecular weight is 480 g/mol. The summed E-state index contributed by atoms with van der Waals surface area (Å²) < 4.78 is 0. The van der Waals surface area contributed by atoms with E-state index in [4.69, 9.17) is 0 Å². The molecule has 0 spiro atoms. The summed E-state index contributed by atoms with van der Waals surface area (Å²) in [5, 5.41) is 0. The number of hydrogen-bond acceptors (Lipinski definition) is 1. The van der Waals surface area contributed by atoms with E-state index in [9.17, 15) is 0 Å². The van der Waals surface area contributed by atoms with Gasteiger partial charge in [0.15, 0.2) is 0 Å². The highest BCUT2D eigenvalue weighted by atomic mass is 15.1. The van der Waals surface area contributed by atoms with E-state index in [1.807, 2.05) is 0 Å². The standard InChI is InChI=1S/C36H33N/c1-4-10-28(11-5-1)30-16-18-31(19-17-30)33-22-26-36(27-23-33)37(34-14-8-3-9-15-34)35-24-20-32(21-25-35)29-12-6-2-7-13-29/h1,3-5,8-11,14-27,29H,2,6-7,12-13H2. The fraction of sp³-hybridized carbons (Fsp3) is 0.167. The Kier molecular flexibility index (Phi) is 6.86. The number of hydrogen-bond donors (Lipinski definition) is 0. The highest BCUT2D eigenvalue weighted by Gasteiger charge is 2.17. The maximum atomic E-state index is 2.35. The topological polar surface area (TPSA) is 3.24 Å². The van der Waals surface area contributed by atoms with Crippen LogP contribution in [-0.4, -0.2) is 0 Å². The van der Waals surface area contributed by atoms with Crippen LogP contribution in [0.25, 0.3) is 22.3 Å². The predicted octanol–water partition coefficient (Wildman–Crippen LogP) is 10.5. The summed E-state index contributed by atoms with van der Waals surface area (Å²) in [6.45, 7) is 0. The Bertz CT molecular complexity index is 1400. The summed E-state index contributed by atoms with van der Waals surface area (Å²) in [5.74, 6) is 0.723. The van der Waals surface area contributed by atoms with E-state index in [-0.39, 0.29) is 0 Å². The first-order chi connectivity index (χ1) is 18.3. The second-order valence-electron chi connectivity index (χ2n) is 10.1. The van der Waals surface area contributed by atoms with E-state index in [0.29, 0.717) is 0 Å². The molecule has 0 aromatic heterocycles. The summed E-state index contributed by atoms with van der Waals surface area (Å²) >= 11 is 0. The van der Waals surface area contributed by atoms with Gasteiger partial charge >= 0.3 is 0 Å². The number of benzene rings is 5. The Morgan fingerprint density at radius 3 is 1.32 bits per heavy atom. The molecule has 0 unspecified atom stereocenters. The van der Waals surface area contributed by atoms with E-state index >= 15 is 0 Å². The van der Waals surface area contributed by atoms with Crippen LogP contribution >= 0.6 is 0 Å². The molecule has 37 heavy (non-hydrogen) atoms. The molecule has 0 heterocycles. The molecule has 0 saturated heterocycles. The van der Waals surface area contributed by atoms with Gasteiger partial charge in [-0.25, -0.2) is 0 Å². The molecule has 1 saturated carbocycles. The van der Waals surface area contributed by atoms with Crippen molar-refractivity contribution in [3.63, 3.8) is 0 Å². The SMILES string of the molecule is c1ccc(-c2ccc(-c3ccc(N(c4ccccc4)c4ccc(C5CCCCC5)cc4)cc3)cc2)cc1. The normalized spacial score (nSPS) is 13.8. The van der Waals surface area contributed by atoms with Crippen LogP contribution in [0.2, 0.25) is 0 Å². The van der Waals surface area contributed by atoms with Crippen LogP contribution in [0.4, 0.5) is 17.1 Å². The third-order valence-corrected chi connectivity index (χ3v) is 7.69. The monoisotopic (exact) mass is 479 g/mol. The van der Waals surface area contributed by atoms with Crippen molar-refractivity contribution in [3.05, 3.63) is 139 Å². The Morgan fingerprint density at radius 1 is 0.378 bits per heavy atom. The molecular weight excluding hydrogens is 446 g/mol. The summed E-state index contributed by atoms with van der Waals surface area (Å²) in [6, 6.07) is 48.3. The maximum Gasteiger partial charge on any atom is 0.0462 e. The predicted molar refractivity (Wildman–Crippen MR) is 158 cm³/mol. The van der Waals surface area contributed by atoms with Crippen LogP contribution in [0.1, 0.15) is 43.6 Å². The molecule has 1 nitrogen and oxygen atoms in total. The molecule has 1 aliphatic carbocycles. The van der Waals surface area contributed by atoms with Crippen molar-refractivity contribution in [3.8, 4) is 22.3 Å². The molecule has 1 aliphatic rings. The smallest absolute Gasteiger partial charge is 0.0462 e. The lowest BCUT2D eigenvalue weighted by Gasteiger charge is -2.27. The van der Waals surface area contributed by atoms with E-state index in [0.717, 1.165) is 5.92 Å². The van der Waals surface area contributed by atoms with Crippen LogP contribution in [-0.2, 0) is 0 Å². The van der Waals surface area contributed by atoms with Crippen molar-refractivity contribution in [2.75, 3.05) is 4.90 Å². The van der Waals surface area contributed by atoms with Crippen molar-refractivity contribution in [2.45, 2.75) is 38.0 Å². The van der Waals surface area contributed by atoms with Gasteiger partial charge < -0.3 is 4.90 Å². The third-order valence-electron chi connectivity index (χ3n) is 7.69. The molecule has 0 aliphatic heterocycles. The number of para-hydroxylation sites is 1. The fourth-order valence-electron chi connectivity index (χ4n) is 5.64. The van der Waals surface area contributed by atoms with Crippen LogP contribution in [0.3, 0.4) is 0 Å². The fourth-order valence-corrected chi connectivity index (χ4v) is 5.64. The van der Waals surface area contributed by atoms with Gasteiger partial charge in [-0.3, -0.25) is 0 Å². The Hall–Kier alpha value is -4.10. The van der Waals surface area contributed by atoms with Gasteiger partial charge in [-0.2, -0.15) is 0 Å². The van der Waals surface area contributed by atoms with Gasteiger partial charge in [0.2, 0.25) is 0 Å². The summed E-state index contributed by atoms with van der Waals surface area (Å²) in [4.78, 5) is 2.35. The Morgan fingerprint density at radius 2 is 0.784 bits per heavy atom.